The molecule has 0 N–H and O–H groups in total. The molecule has 1 fully saturated rings. The number of benzene rings is 2. The molecule has 230 valence electrons. The number of amides is 3. The van der Waals surface area contributed by atoms with Crippen LogP contribution in [0.4, 0.5) is 10.5 Å². The van der Waals surface area contributed by atoms with E-state index in [4.69, 9.17) is 21.1 Å². The molecule has 0 bridgehead atoms. The van der Waals surface area contributed by atoms with E-state index in [-0.39, 0.29) is 11.8 Å². The first kappa shape index (κ1) is 32.0. The Morgan fingerprint density at radius 3 is 2.21 bits per heavy atom. The Kier molecular flexibility index (Phi) is 10.5. The Hall–Kier alpha value is -3.89. The summed E-state index contributed by atoms with van der Waals surface area (Å²) in [5.74, 6) is -0.158. The molecule has 1 saturated heterocycles. The Labute approximate surface area is 258 Å². The largest absolute Gasteiger partial charge is 0.444 e. The van der Waals surface area contributed by atoms with Crippen LogP contribution in [0.5, 0.6) is 0 Å². The van der Waals surface area contributed by atoms with Gasteiger partial charge in [-0.1, -0.05) is 11.6 Å². The fourth-order valence-electron chi connectivity index (χ4n) is 4.77. The van der Waals surface area contributed by atoms with Crippen LogP contribution in [0.25, 0.3) is 10.9 Å². The number of ether oxygens (including phenoxy) is 2. The fraction of sp³-hybridized carbons (Fsp3) is 0.438. The zero-order valence-electron chi connectivity index (χ0n) is 25.5. The molecule has 0 spiro atoms. The van der Waals surface area contributed by atoms with E-state index in [0.717, 1.165) is 11.1 Å². The van der Waals surface area contributed by atoms with Crippen LogP contribution in [0, 0.1) is 0 Å². The van der Waals surface area contributed by atoms with Crippen LogP contribution in [0.3, 0.4) is 0 Å². The van der Waals surface area contributed by atoms with Crippen molar-refractivity contribution < 1.29 is 23.9 Å². The van der Waals surface area contributed by atoms with Gasteiger partial charge in [0.05, 0.1) is 24.3 Å². The van der Waals surface area contributed by atoms with Crippen molar-refractivity contribution in [1.29, 1.82) is 0 Å². The monoisotopic (exact) mass is 609 g/mol. The van der Waals surface area contributed by atoms with Gasteiger partial charge in [-0.2, -0.15) is 0 Å². The Morgan fingerprint density at radius 2 is 1.56 bits per heavy atom. The van der Waals surface area contributed by atoms with Crippen LogP contribution in [0.1, 0.15) is 41.5 Å². The van der Waals surface area contributed by atoms with Gasteiger partial charge in [-0.05, 0) is 69.3 Å². The number of hydrogen-bond acceptors (Lipinski definition) is 7. The third-order valence-corrected chi connectivity index (χ3v) is 7.42. The Morgan fingerprint density at radius 1 is 0.907 bits per heavy atom. The van der Waals surface area contributed by atoms with Crippen LogP contribution < -0.4 is 4.90 Å². The van der Waals surface area contributed by atoms with E-state index in [1.807, 2.05) is 49.9 Å². The van der Waals surface area contributed by atoms with Crippen molar-refractivity contribution in [2.75, 3.05) is 71.5 Å². The zero-order valence-corrected chi connectivity index (χ0v) is 26.3. The summed E-state index contributed by atoms with van der Waals surface area (Å²) in [6.07, 6.45) is 1.29. The molecule has 0 atom stereocenters. The molecule has 10 nitrogen and oxygen atoms in total. The summed E-state index contributed by atoms with van der Waals surface area (Å²) in [6.45, 7) is 9.38. The van der Waals surface area contributed by atoms with Gasteiger partial charge in [0.25, 0.3) is 11.8 Å². The topological polar surface area (TPSA) is 95.5 Å². The second-order valence-corrected chi connectivity index (χ2v) is 12.0. The van der Waals surface area contributed by atoms with Crippen molar-refractivity contribution in [1.82, 2.24) is 19.7 Å². The van der Waals surface area contributed by atoms with Gasteiger partial charge >= 0.3 is 6.09 Å². The van der Waals surface area contributed by atoms with Crippen molar-refractivity contribution in [2.45, 2.75) is 26.4 Å². The minimum absolute atomic E-state index is 0.00846. The maximum Gasteiger partial charge on any atom is 0.410 e. The molecule has 2 heterocycles. The third kappa shape index (κ3) is 8.36. The van der Waals surface area contributed by atoms with Gasteiger partial charge < -0.3 is 29.1 Å². The first-order valence-corrected chi connectivity index (χ1v) is 14.8. The maximum atomic E-state index is 13.4. The van der Waals surface area contributed by atoms with Crippen molar-refractivity contribution >= 4 is 46.1 Å². The molecule has 3 aromatic rings. The number of carbonyl (C=O) groups is 3. The van der Waals surface area contributed by atoms with Gasteiger partial charge in [0.1, 0.15) is 5.60 Å². The zero-order chi connectivity index (χ0) is 31.1. The number of hydrogen-bond donors (Lipinski definition) is 0. The molecule has 43 heavy (non-hydrogen) atoms. The van der Waals surface area contributed by atoms with Crippen LogP contribution in [-0.2, 0) is 9.47 Å². The molecule has 1 aliphatic rings. The second kappa shape index (κ2) is 14.1. The van der Waals surface area contributed by atoms with Gasteiger partial charge in [0.15, 0.2) is 0 Å². The van der Waals surface area contributed by atoms with E-state index in [1.165, 1.54) is 4.90 Å². The van der Waals surface area contributed by atoms with E-state index in [9.17, 15) is 14.4 Å². The quantitative estimate of drug-likeness (QED) is 0.321. The molecular weight excluding hydrogens is 570 g/mol. The number of aromatic nitrogens is 1. The number of nitrogens with zero attached hydrogens (tertiary/aromatic N) is 5. The fourth-order valence-corrected chi connectivity index (χ4v) is 4.90. The molecule has 1 aromatic heterocycles. The highest BCUT2D eigenvalue weighted by atomic mass is 35.5. The average Bonchev–Trinajstić information content (AvgIpc) is 2.99. The molecule has 0 radical (unpaired) electrons. The number of carbonyl (C=O) groups excluding carboxylic acids is 3. The summed E-state index contributed by atoms with van der Waals surface area (Å²) < 4.78 is 11.0. The van der Waals surface area contributed by atoms with E-state index in [1.54, 1.807) is 49.5 Å². The molecule has 0 saturated carbocycles. The molecule has 4 rings (SSSR count). The van der Waals surface area contributed by atoms with E-state index >= 15 is 0 Å². The van der Waals surface area contributed by atoms with Gasteiger partial charge in [-0.3, -0.25) is 14.6 Å². The summed E-state index contributed by atoms with van der Waals surface area (Å²) >= 11 is 5.97. The minimum atomic E-state index is -0.555. The van der Waals surface area contributed by atoms with Crippen LogP contribution >= 0.6 is 11.6 Å². The molecule has 0 unspecified atom stereocenters. The number of likely N-dealkylation sites (N-methyl/N-ethyl adjacent to an activating group) is 2. The van der Waals surface area contributed by atoms with Gasteiger partial charge in [0, 0.05) is 81.2 Å². The lowest BCUT2D eigenvalue weighted by atomic mass is 10.0. The number of pyridine rings is 1. The highest BCUT2D eigenvalue weighted by Gasteiger charge is 2.25. The summed E-state index contributed by atoms with van der Waals surface area (Å²) in [6, 6.07) is 14.6. The van der Waals surface area contributed by atoms with Gasteiger partial charge in [-0.15, -0.1) is 0 Å². The van der Waals surface area contributed by atoms with Crippen molar-refractivity contribution in [3.05, 3.63) is 70.9 Å². The highest BCUT2D eigenvalue weighted by Crippen LogP contribution is 2.30. The number of halogens is 1. The lowest BCUT2D eigenvalue weighted by Gasteiger charge is -2.36. The van der Waals surface area contributed by atoms with Crippen LogP contribution in [-0.4, -0.2) is 110 Å². The lowest BCUT2D eigenvalue weighted by Crippen LogP contribution is -2.48. The van der Waals surface area contributed by atoms with Crippen molar-refractivity contribution in [2.24, 2.45) is 0 Å². The predicted molar refractivity (Wildman–Crippen MR) is 168 cm³/mol. The summed E-state index contributed by atoms with van der Waals surface area (Å²) in [4.78, 5) is 50.2. The SMILES string of the molecule is CN(CCOCCN(C)C(=O)c1ccc(N2CCN(C(=O)c3ccc(Cl)cc3)CC2)c2cccnc12)C(=O)OC(C)(C)C. The van der Waals surface area contributed by atoms with E-state index in [0.29, 0.717) is 74.1 Å². The molecule has 1 aliphatic heterocycles. The summed E-state index contributed by atoms with van der Waals surface area (Å²) in [7, 11) is 3.40. The van der Waals surface area contributed by atoms with Crippen molar-refractivity contribution in [3.63, 3.8) is 0 Å². The van der Waals surface area contributed by atoms with Gasteiger partial charge in [-0.25, -0.2) is 4.79 Å². The van der Waals surface area contributed by atoms with Gasteiger partial charge in [0.2, 0.25) is 0 Å². The maximum absolute atomic E-state index is 13.4. The molecule has 11 heteroatoms. The highest BCUT2D eigenvalue weighted by molar-refractivity contribution is 6.30. The first-order valence-electron chi connectivity index (χ1n) is 14.4. The first-order chi connectivity index (χ1) is 20.4. The Balaban J connectivity index is 1.33. The summed E-state index contributed by atoms with van der Waals surface area (Å²) in [5.41, 5.74) is 2.20. The smallest absolute Gasteiger partial charge is 0.410 e. The minimum Gasteiger partial charge on any atom is -0.444 e. The lowest BCUT2D eigenvalue weighted by molar-refractivity contribution is 0.0223. The molecule has 2 aromatic carbocycles. The van der Waals surface area contributed by atoms with Crippen LogP contribution in [0.2, 0.25) is 5.02 Å². The molecule has 3 amide bonds. The predicted octanol–water partition coefficient (Wildman–Crippen LogP) is 4.81. The number of anilines is 1. The second-order valence-electron chi connectivity index (χ2n) is 11.6. The number of fused-ring (bicyclic) bond motifs is 1. The van der Waals surface area contributed by atoms with E-state index < -0.39 is 11.7 Å². The Bertz CT molecular complexity index is 1430. The van der Waals surface area contributed by atoms with Crippen molar-refractivity contribution in [3.8, 4) is 0 Å². The normalized spacial score (nSPS) is 13.6. The van der Waals surface area contributed by atoms with Crippen LogP contribution in [0.15, 0.2) is 54.7 Å². The standard InChI is InChI=1S/C32H40ClN5O5/c1-32(2,3)43-31(41)36(5)20-22-42-21-19-35(4)30(40)26-12-13-27(25-7-6-14-34-28(25)26)37-15-17-38(18-16-37)29(39)23-8-10-24(33)11-9-23/h6-14H,15-22H2,1-5H3. The molecular formula is C32H40ClN5O5. The average molecular weight is 610 g/mol. The van der Waals surface area contributed by atoms with E-state index in [2.05, 4.69) is 9.88 Å². The third-order valence-electron chi connectivity index (χ3n) is 7.17. The summed E-state index contributed by atoms with van der Waals surface area (Å²) in [5, 5.41) is 1.49. The number of piperazine rings is 1. The molecule has 0 aliphatic carbocycles. The number of rotatable bonds is 9.